The van der Waals surface area contributed by atoms with E-state index < -0.39 is 0 Å². The van der Waals surface area contributed by atoms with Crippen LogP contribution in [0.25, 0.3) is 0 Å². The lowest BCUT2D eigenvalue weighted by Gasteiger charge is -2.06. The molecule has 4 heteroatoms. The summed E-state index contributed by atoms with van der Waals surface area (Å²) in [4.78, 5) is 12.0. The summed E-state index contributed by atoms with van der Waals surface area (Å²) in [5, 5.41) is 14.2. The highest BCUT2D eigenvalue weighted by Crippen LogP contribution is 2.29. The van der Waals surface area contributed by atoms with Crippen LogP contribution in [0, 0.1) is 0 Å². The number of carbonyl (C=O) groups excluding carboxylic acids is 1. The fraction of sp³-hybridized carbons (Fsp3) is 0.500. The van der Waals surface area contributed by atoms with Crippen LogP contribution in [0.4, 0.5) is 0 Å². The number of aryl methyl sites for hydroxylation is 1. The van der Waals surface area contributed by atoms with E-state index in [0.717, 1.165) is 12.0 Å². The van der Waals surface area contributed by atoms with E-state index in [-0.39, 0.29) is 17.7 Å². The fourth-order valence-electron chi connectivity index (χ4n) is 1.13. The average molecular weight is 213 g/mol. The van der Waals surface area contributed by atoms with Gasteiger partial charge in [0.25, 0.3) is 5.91 Å². The molecule has 0 spiro atoms. The Morgan fingerprint density at radius 3 is 2.71 bits per heavy atom. The summed E-state index contributed by atoms with van der Waals surface area (Å²) in [6, 6.07) is 0.0917. The number of hydrogen-bond acceptors (Lipinski definition) is 3. The predicted octanol–water partition coefficient (Wildman–Crippen LogP) is 2.15. The number of amides is 1. The molecule has 1 heterocycles. The van der Waals surface area contributed by atoms with E-state index in [0.29, 0.717) is 4.88 Å². The standard InChI is InChI=1S/C10H15NO2S/c1-4-7-5-14-9(8(7)12)10(13)11-6(2)3/h5-6,12H,4H2,1-3H3,(H,11,13). The molecule has 14 heavy (non-hydrogen) atoms. The summed E-state index contributed by atoms with van der Waals surface area (Å²) in [5.41, 5.74) is 0.837. The minimum atomic E-state index is -0.192. The maximum atomic E-state index is 11.5. The van der Waals surface area contributed by atoms with Crippen LogP contribution in [0.3, 0.4) is 0 Å². The van der Waals surface area contributed by atoms with Gasteiger partial charge in [0.1, 0.15) is 10.6 Å². The number of nitrogens with one attached hydrogen (secondary N) is 1. The van der Waals surface area contributed by atoms with Crippen molar-refractivity contribution in [3.8, 4) is 5.75 Å². The van der Waals surface area contributed by atoms with Crippen LogP contribution < -0.4 is 5.32 Å². The van der Waals surface area contributed by atoms with Crippen molar-refractivity contribution in [2.75, 3.05) is 0 Å². The minimum Gasteiger partial charge on any atom is -0.506 e. The number of hydrogen-bond donors (Lipinski definition) is 2. The summed E-state index contributed by atoms with van der Waals surface area (Å²) >= 11 is 1.29. The largest absolute Gasteiger partial charge is 0.506 e. The summed E-state index contributed by atoms with van der Waals surface area (Å²) in [6.45, 7) is 5.73. The molecule has 2 N–H and O–H groups in total. The molecule has 0 saturated carbocycles. The van der Waals surface area contributed by atoms with E-state index >= 15 is 0 Å². The third-order valence-electron chi connectivity index (χ3n) is 1.85. The molecule has 0 radical (unpaired) electrons. The van der Waals surface area contributed by atoms with Gasteiger partial charge in [-0.2, -0.15) is 0 Å². The van der Waals surface area contributed by atoms with Gasteiger partial charge in [0.15, 0.2) is 0 Å². The van der Waals surface area contributed by atoms with E-state index in [1.807, 2.05) is 26.2 Å². The Morgan fingerprint density at radius 2 is 2.29 bits per heavy atom. The van der Waals surface area contributed by atoms with Gasteiger partial charge in [-0.05, 0) is 25.6 Å². The van der Waals surface area contributed by atoms with Crippen LogP contribution in [0.15, 0.2) is 5.38 Å². The predicted molar refractivity (Wildman–Crippen MR) is 58.0 cm³/mol. The zero-order chi connectivity index (χ0) is 10.7. The van der Waals surface area contributed by atoms with Gasteiger partial charge >= 0.3 is 0 Å². The lowest BCUT2D eigenvalue weighted by Crippen LogP contribution is -2.29. The molecule has 1 amide bonds. The van der Waals surface area contributed by atoms with Crippen molar-refractivity contribution in [2.24, 2.45) is 0 Å². The molecule has 0 atom stereocenters. The van der Waals surface area contributed by atoms with Crippen LogP contribution in [-0.4, -0.2) is 17.1 Å². The van der Waals surface area contributed by atoms with Gasteiger partial charge in [0.05, 0.1) is 0 Å². The number of carbonyl (C=O) groups is 1. The highest BCUT2D eigenvalue weighted by atomic mass is 32.1. The van der Waals surface area contributed by atoms with E-state index in [1.54, 1.807) is 0 Å². The number of rotatable bonds is 3. The van der Waals surface area contributed by atoms with Gasteiger partial charge in [0, 0.05) is 11.6 Å². The number of aromatic hydroxyl groups is 1. The average Bonchev–Trinajstić information content (AvgIpc) is 2.45. The van der Waals surface area contributed by atoms with Gasteiger partial charge in [-0.25, -0.2) is 0 Å². The molecular weight excluding hydrogens is 198 g/mol. The van der Waals surface area contributed by atoms with Crippen molar-refractivity contribution >= 4 is 17.2 Å². The Kier molecular flexibility index (Phi) is 3.52. The molecule has 0 fully saturated rings. The van der Waals surface area contributed by atoms with Gasteiger partial charge in [-0.15, -0.1) is 11.3 Å². The smallest absolute Gasteiger partial charge is 0.265 e. The van der Waals surface area contributed by atoms with Crippen LogP contribution in [0.5, 0.6) is 5.75 Å². The molecule has 1 aromatic rings. The Labute approximate surface area is 87.8 Å². The van der Waals surface area contributed by atoms with Crippen molar-refractivity contribution in [3.63, 3.8) is 0 Å². The first kappa shape index (κ1) is 11.0. The molecule has 0 aliphatic rings. The maximum absolute atomic E-state index is 11.5. The molecule has 78 valence electrons. The van der Waals surface area contributed by atoms with Crippen molar-refractivity contribution in [3.05, 3.63) is 15.8 Å². The second-order valence-corrected chi connectivity index (χ2v) is 4.30. The Morgan fingerprint density at radius 1 is 1.64 bits per heavy atom. The molecule has 0 bridgehead atoms. The molecule has 0 unspecified atom stereocenters. The van der Waals surface area contributed by atoms with E-state index in [1.165, 1.54) is 11.3 Å². The van der Waals surface area contributed by atoms with E-state index in [4.69, 9.17) is 0 Å². The molecule has 0 aliphatic carbocycles. The molecule has 1 aromatic heterocycles. The molecule has 0 saturated heterocycles. The Bertz CT molecular complexity index is 331. The van der Waals surface area contributed by atoms with Gasteiger partial charge in [-0.1, -0.05) is 6.92 Å². The van der Waals surface area contributed by atoms with Crippen LogP contribution in [0.2, 0.25) is 0 Å². The van der Waals surface area contributed by atoms with Gasteiger partial charge < -0.3 is 10.4 Å². The first-order valence-electron chi connectivity index (χ1n) is 4.66. The molecular formula is C10H15NO2S. The van der Waals surface area contributed by atoms with Crippen molar-refractivity contribution in [1.82, 2.24) is 5.32 Å². The Hall–Kier alpha value is -1.03. The van der Waals surface area contributed by atoms with E-state index in [9.17, 15) is 9.90 Å². The maximum Gasteiger partial charge on any atom is 0.265 e. The second-order valence-electron chi connectivity index (χ2n) is 3.42. The van der Waals surface area contributed by atoms with Crippen LogP contribution in [-0.2, 0) is 6.42 Å². The third-order valence-corrected chi connectivity index (χ3v) is 2.86. The summed E-state index contributed by atoms with van der Waals surface area (Å²) < 4.78 is 0. The zero-order valence-corrected chi connectivity index (χ0v) is 9.44. The lowest BCUT2D eigenvalue weighted by molar-refractivity contribution is 0.0945. The first-order valence-corrected chi connectivity index (χ1v) is 5.54. The quantitative estimate of drug-likeness (QED) is 0.808. The lowest BCUT2D eigenvalue weighted by atomic mass is 10.2. The monoisotopic (exact) mass is 213 g/mol. The topological polar surface area (TPSA) is 49.3 Å². The van der Waals surface area contributed by atoms with Crippen molar-refractivity contribution < 1.29 is 9.90 Å². The molecule has 0 aromatic carbocycles. The fourth-order valence-corrected chi connectivity index (χ4v) is 2.07. The summed E-state index contributed by atoms with van der Waals surface area (Å²) in [7, 11) is 0. The summed E-state index contributed by atoms with van der Waals surface area (Å²) in [5.74, 6) is -0.0575. The minimum absolute atomic E-state index is 0.0917. The van der Waals surface area contributed by atoms with Crippen LogP contribution in [0.1, 0.15) is 36.0 Å². The van der Waals surface area contributed by atoms with Gasteiger partial charge in [0.2, 0.25) is 0 Å². The van der Waals surface area contributed by atoms with Crippen molar-refractivity contribution in [1.29, 1.82) is 0 Å². The molecule has 3 nitrogen and oxygen atoms in total. The SMILES string of the molecule is CCc1csc(C(=O)NC(C)C)c1O. The third kappa shape index (κ3) is 2.26. The highest BCUT2D eigenvalue weighted by molar-refractivity contribution is 7.12. The highest BCUT2D eigenvalue weighted by Gasteiger charge is 2.16. The molecule has 0 aliphatic heterocycles. The van der Waals surface area contributed by atoms with Crippen LogP contribution >= 0.6 is 11.3 Å². The summed E-state index contributed by atoms with van der Waals surface area (Å²) in [6.07, 6.45) is 0.747. The van der Waals surface area contributed by atoms with Crippen molar-refractivity contribution in [2.45, 2.75) is 33.2 Å². The van der Waals surface area contributed by atoms with E-state index in [2.05, 4.69) is 5.32 Å². The Balaban J connectivity index is 2.85. The normalized spacial score (nSPS) is 10.6. The second kappa shape index (κ2) is 4.46. The first-order chi connectivity index (χ1) is 6.56. The number of thiophene rings is 1. The molecule has 1 rings (SSSR count). The van der Waals surface area contributed by atoms with Gasteiger partial charge in [-0.3, -0.25) is 4.79 Å². The zero-order valence-electron chi connectivity index (χ0n) is 8.63.